The van der Waals surface area contributed by atoms with Crippen molar-refractivity contribution < 1.29 is 9.53 Å². The zero-order chi connectivity index (χ0) is 19.1. The largest absolute Gasteiger partial charge is 0.372 e. The molecule has 7 heteroatoms. The molecule has 1 amide bonds. The van der Waals surface area contributed by atoms with Gasteiger partial charge in [0.05, 0.1) is 17.6 Å². The number of amides is 1. The van der Waals surface area contributed by atoms with E-state index in [0.717, 1.165) is 47.2 Å². The summed E-state index contributed by atoms with van der Waals surface area (Å²) in [6, 6.07) is 13.7. The molecule has 2 aliphatic heterocycles. The lowest BCUT2D eigenvalue weighted by molar-refractivity contribution is 0.0747. The van der Waals surface area contributed by atoms with E-state index in [4.69, 9.17) is 16.3 Å². The van der Waals surface area contributed by atoms with Gasteiger partial charge < -0.3 is 19.1 Å². The van der Waals surface area contributed by atoms with Gasteiger partial charge in [0.15, 0.2) is 0 Å². The highest BCUT2D eigenvalue weighted by Crippen LogP contribution is 2.23. The van der Waals surface area contributed by atoms with Gasteiger partial charge in [0.1, 0.15) is 12.4 Å². The number of aromatic nitrogens is 2. The molecule has 0 spiro atoms. The Morgan fingerprint density at radius 3 is 2.71 bits per heavy atom. The Balaban J connectivity index is 1.31. The molecule has 2 aliphatic rings. The third kappa shape index (κ3) is 3.12. The second-order valence-corrected chi connectivity index (χ2v) is 7.63. The van der Waals surface area contributed by atoms with Crippen molar-refractivity contribution in [3.63, 3.8) is 0 Å². The number of ether oxygens (including phenoxy) is 1. The van der Waals surface area contributed by atoms with E-state index in [0.29, 0.717) is 31.9 Å². The standard InChI is InChI=1S/C21H21ClN4O2/c22-16-2-1-3-17(13-16)24-6-8-25(9-7-24)21(27)15-4-5-19-18(12-15)23-20-14-28-11-10-26(19)20/h1-5,12-13H,6-11,14H2. The molecule has 6 nitrogen and oxygen atoms in total. The highest BCUT2D eigenvalue weighted by atomic mass is 35.5. The van der Waals surface area contributed by atoms with Gasteiger partial charge in [-0.3, -0.25) is 4.79 Å². The highest BCUT2D eigenvalue weighted by Gasteiger charge is 2.23. The van der Waals surface area contributed by atoms with Crippen LogP contribution in [-0.2, 0) is 17.9 Å². The molecule has 3 heterocycles. The maximum absolute atomic E-state index is 13.0. The molecule has 144 valence electrons. The van der Waals surface area contributed by atoms with Crippen molar-refractivity contribution in [2.45, 2.75) is 13.2 Å². The monoisotopic (exact) mass is 396 g/mol. The molecule has 1 aromatic heterocycles. The number of nitrogens with zero attached hydrogens (tertiary/aromatic N) is 4. The van der Waals surface area contributed by atoms with Crippen molar-refractivity contribution in [1.29, 1.82) is 0 Å². The molecule has 1 saturated heterocycles. The van der Waals surface area contributed by atoms with Crippen molar-refractivity contribution in [1.82, 2.24) is 14.5 Å². The molecular formula is C21H21ClN4O2. The molecule has 0 aliphatic carbocycles. The molecule has 0 saturated carbocycles. The van der Waals surface area contributed by atoms with E-state index in [1.807, 2.05) is 41.3 Å². The zero-order valence-electron chi connectivity index (χ0n) is 15.5. The summed E-state index contributed by atoms with van der Waals surface area (Å²) in [5.74, 6) is 0.996. The van der Waals surface area contributed by atoms with E-state index >= 15 is 0 Å². The number of fused-ring (bicyclic) bond motifs is 3. The summed E-state index contributed by atoms with van der Waals surface area (Å²) < 4.78 is 7.66. The number of anilines is 1. The number of piperazine rings is 1. The molecule has 3 aromatic rings. The van der Waals surface area contributed by atoms with Crippen molar-refractivity contribution in [2.24, 2.45) is 0 Å². The normalized spacial score (nSPS) is 17.0. The molecule has 1 fully saturated rings. The van der Waals surface area contributed by atoms with Crippen LogP contribution in [0.25, 0.3) is 11.0 Å². The van der Waals surface area contributed by atoms with Crippen LogP contribution in [0.5, 0.6) is 0 Å². The van der Waals surface area contributed by atoms with Crippen molar-refractivity contribution >= 4 is 34.2 Å². The van der Waals surface area contributed by atoms with Crippen LogP contribution in [0.3, 0.4) is 0 Å². The van der Waals surface area contributed by atoms with Crippen LogP contribution in [-0.4, -0.2) is 53.1 Å². The SMILES string of the molecule is O=C(c1ccc2c(c1)nc1n2CCOC1)N1CCN(c2cccc(Cl)c2)CC1. The third-order valence-corrected chi connectivity index (χ3v) is 5.74. The lowest BCUT2D eigenvalue weighted by atomic mass is 10.1. The Bertz CT molecular complexity index is 1040. The van der Waals surface area contributed by atoms with Crippen LogP contribution in [0.4, 0.5) is 5.69 Å². The minimum Gasteiger partial charge on any atom is -0.372 e. The molecule has 0 bridgehead atoms. The van der Waals surface area contributed by atoms with E-state index in [-0.39, 0.29) is 5.91 Å². The van der Waals surface area contributed by atoms with Gasteiger partial charge in [-0.2, -0.15) is 0 Å². The molecular weight excluding hydrogens is 376 g/mol. The van der Waals surface area contributed by atoms with Crippen LogP contribution in [0.2, 0.25) is 5.02 Å². The molecule has 2 aromatic carbocycles. The first-order chi connectivity index (χ1) is 13.7. The van der Waals surface area contributed by atoms with E-state index in [9.17, 15) is 4.79 Å². The van der Waals surface area contributed by atoms with Crippen molar-refractivity contribution in [3.05, 3.63) is 58.9 Å². The second-order valence-electron chi connectivity index (χ2n) is 7.19. The average Bonchev–Trinajstić information content (AvgIpc) is 3.11. The fraction of sp³-hybridized carbons (Fsp3) is 0.333. The second kappa shape index (κ2) is 7.11. The van der Waals surface area contributed by atoms with Gasteiger partial charge in [0.25, 0.3) is 5.91 Å². The van der Waals surface area contributed by atoms with Gasteiger partial charge in [0, 0.05) is 49.0 Å². The molecule has 0 unspecified atom stereocenters. The van der Waals surface area contributed by atoms with Gasteiger partial charge >= 0.3 is 0 Å². The smallest absolute Gasteiger partial charge is 0.254 e. The Labute approximate surface area is 168 Å². The van der Waals surface area contributed by atoms with Crippen molar-refractivity contribution in [3.8, 4) is 0 Å². The number of carbonyl (C=O) groups is 1. The average molecular weight is 397 g/mol. The molecule has 0 radical (unpaired) electrons. The lowest BCUT2D eigenvalue weighted by Gasteiger charge is -2.36. The summed E-state index contributed by atoms with van der Waals surface area (Å²) >= 11 is 6.10. The van der Waals surface area contributed by atoms with E-state index < -0.39 is 0 Å². The molecule has 28 heavy (non-hydrogen) atoms. The lowest BCUT2D eigenvalue weighted by Crippen LogP contribution is -2.48. The number of hydrogen-bond acceptors (Lipinski definition) is 4. The number of rotatable bonds is 2. The van der Waals surface area contributed by atoms with Crippen molar-refractivity contribution in [2.75, 3.05) is 37.7 Å². The molecule has 0 N–H and O–H groups in total. The van der Waals surface area contributed by atoms with Crippen LogP contribution in [0.1, 0.15) is 16.2 Å². The number of imidazole rings is 1. The zero-order valence-corrected chi connectivity index (χ0v) is 16.2. The first-order valence-electron chi connectivity index (χ1n) is 9.56. The number of benzene rings is 2. The number of halogens is 1. The van der Waals surface area contributed by atoms with Crippen LogP contribution >= 0.6 is 11.6 Å². The summed E-state index contributed by atoms with van der Waals surface area (Å²) in [6.45, 7) is 5.02. The van der Waals surface area contributed by atoms with Crippen LogP contribution in [0, 0.1) is 0 Å². The Hall–Kier alpha value is -2.57. The number of hydrogen-bond donors (Lipinski definition) is 0. The van der Waals surface area contributed by atoms with Gasteiger partial charge in [-0.1, -0.05) is 17.7 Å². The van der Waals surface area contributed by atoms with E-state index in [2.05, 4.69) is 20.5 Å². The molecule has 0 atom stereocenters. The highest BCUT2D eigenvalue weighted by molar-refractivity contribution is 6.30. The summed E-state index contributed by atoms with van der Waals surface area (Å²) in [4.78, 5) is 21.8. The number of carbonyl (C=O) groups excluding carboxylic acids is 1. The Morgan fingerprint density at radius 1 is 1.04 bits per heavy atom. The Morgan fingerprint density at radius 2 is 1.89 bits per heavy atom. The summed E-state index contributed by atoms with van der Waals surface area (Å²) in [7, 11) is 0. The van der Waals surface area contributed by atoms with Crippen LogP contribution < -0.4 is 4.90 Å². The topological polar surface area (TPSA) is 50.6 Å². The maximum Gasteiger partial charge on any atom is 0.254 e. The Kier molecular flexibility index (Phi) is 4.45. The quantitative estimate of drug-likeness (QED) is 0.667. The van der Waals surface area contributed by atoms with E-state index in [1.54, 1.807) is 0 Å². The predicted octanol–water partition coefficient (Wildman–Crippen LogP) is 3.18. The fourth-order valence-corrected chi connectivity index (χ4v) is 4.20. The van der Waals surface area contributed by atoms with Gasteiger partial charge in [0.2, 0.25) is 0 Å². The fourth-order valence-electron chi connectivity index (χ4n) is 4.01. The minimum atomic E-state index is 0.0647. The van der Waals surface area contributed by atoms with Gasteiger partial charge in [-0.25, -0.2) is 4.98 Å². The summed E-state index contributed by atoms with van der Waals surface area (Å²) in [6.07, 6.45) is 0. The summed E-state index contributed by atoms with van der Waals surface area (Å²) in [5.41, 5.74) is 3.73. The predicted molar refractivity (Wildman–Crippen MR) is 109 cm³/mol. The van der Waals surface area contributed by atoms with E-state index in [1.165, 1.54) is 0 Å². The van der Waals surface area contributed by atoms with Crippen LogP contribution in [0.15, 0.2) is 42.5 Å². The minimum absolute atomic E-state index is 0.0647. The summed E-state index contributed by atoms with van der Waals surface area (Å²) in [5, 5.41) is 0.734. The third-order valence-electron chi connectivity index (χ3n) is 5.50. The maximum atomic E-state index is 13.0. The van der Waals surface area contributed by atoms with Gasteiger partial charge in [-0.15, -0.1) is 0 Å². The first-order valence-corrected chi connectivity index (χ1v) is 9.93. The first kappa shape index (κ1) is 17.5. The van der Waals surface area contributed by atoms with Gasteiger partial charge in [-0.05, 0) is 36.4 Å². The molecule has 5 rings (SSSR count).